The molecule has 2 aromatic rings. The van der Waals surface area contributed by atoms with E-state index in [1.807, 2.05) is 18.2 Å². The van der Waals surface area contributed by atoms with Crippen LogP contribution < -0.4 is 5.32 Å². The average Bonchev–Trinajstić information content (AvgIpc) is 2.71. The van der Waals surface area contributed by atoms with E-state index in [-0.39, 0.29) is 5.91 Å². The first-order chi connectivity index (χ1) is 7.27. The van der Waals surface area contributed by atoms with Crippen molar-refractivity contribution in [2.45, 2.75) is 0 Å². The van der Waals surface area contributed by atoms with E-state index < -0.39 is 0 Å². The first-order valence-corrected chi connectivity index (χ1v) is 5.67. The third-order valence-electron chi connectivity index (χ3n) is 1.72. The number of halogens is 1. The lowest BCUT2D eigenvalue weighted by Gasteiger charge is -2.02. The highest BCUT2D eigenvalue weighted by atomic mass is 79.9. The molecule has 76 valence electrons. The van der Waals surface area contributed by atoms with Gasteiger partial charge >= 0.3 is 0 Å². The Balaban J connectivity index is 2.19. The highest BCUT2D eigenvalue weighted by Gasteiger charge is 2.09. The van der Waals surface area contributed by atoms with Crippen LogP contribution in [0.4, 0.5) is 5.00 Å². The molecular formula is C9H6BrN3OS. The molecule has 0 aliphatic heterocycles. The fraction of sp³-hybridized carbons (Fsp3) is 0. The maximum Gasteiger partial charge on any atom is 0.257 e. The van der Waals surface area contributed by atoms with Gasteiger partial charge in [0.15, 0.2) is 0 Å². The molecule has 0 fully saturated rings. The van der Waals surface area contributed by atoms with Gasteiger partial charge in [-0.25, -0.2) is 0 Å². The maximum atomic E-state index is 11.7. The number of benzene rings is 1. The Morgan fingerprint density at radius 2 is 2.20 bits per heavy atom. The van der Waals surface area contributed by atoms with Crippen molar-refractivity contribution in [1.82, 2.24) is 9.59 Å². The summed E-state index contributed by atoms with van der Waals surface area (Å²) in [5.74, 6) is -0.173. The topological polar surface area (TPSA) is 54.9 Å². The molecule has 1 amide bonds. The molecule has 0 aliphatic carbocycles. The van der Waals surface area contributed by atoms with Crippen LogP contribution in [0.1, 0.15) is 10.4 Å². The van der Waals surface area contributed by atoms with Crippen molar-refractivity contribution in [3.8, 4) is 0 Å². The smallest absolute Gasteiger partial charge is 0.257 e. The van der Waals surface area contributed by atoms with Gasteiger partial charge < -0.3 is 5.32 Å². The molecular weight excluding hydrogens is 278 g/mol. The number of anilines is 1. The second-order valence-corrected chi connectivity index (χ2v) is 4.36. The highest BCUT2D eigenvalue weighted by Crippen LogP contribution is 2.18. The molecule has 1 N–H and O–H groups in total. The van der Waals surface area contributed by atoms with Gasteiger partial charge in [-0.2, -0.15) is 0 Å². The van der Waals surface area contributed by atoms with Gasteiger partial charge in [-0.1, -0.05) is 16.6 Å². The van der Waals surface area contributed by atoms with Crippen LogP contribution in [0.15, 0.2) is 34.9 Å². The van der Waals surface area contributed by atoms with E-state index in [0.29, 0.717) is 10.6 Å². The Bertz CT molecular complexity index is 472. The van der Waals surface area contributed by atoms with Crippen LogP contribution in [0, 0.1) is 0 Å². The highest BCUT2D eigenvalue weighted by molar-refractivity contribution is 9.10. The Kier molecular flexibility index (Phi) is 3.08. The summed E-state index contributed by atoms with van der Waals surface area (Å²) < 4.78 is 4.42. The maximum absolute atomic E-state index is 11.7. The third kappa shape index (κ3) is 2.40. The number of nitrogens with one attached hydrogen (secondary N) is 1. The normalized spacial score (nSPS) is 9.93. The van der Waals surface area contributed by atoms with Gasteiger partial charge in [0.05, 0.1) is 11.8 Å². The first-order valence-electron chi connectivity index (χ1n) is 4.10. The number of carbonyl (C=O) groups is 1. The number of hydrogen-bond donors (Lipinski definition) is 1. The fourth-order valence-electron chi connectivity index (χ4n) is 1.05. The molecule has 0 spiro atoms. The molecule has 0 atom stereocenters. The van der Waals surface area contributed by atoms with Crippen LogP contribution >= 0.6 is 27.5 Å². The summed E-state index contributed by atoms with van der Waals surface area (Å²) in [6.45, 7) is 0. The minimum Gasteiger partial charge on any atom is -0.311 e. The molecule has 0 unspecified atom stereocenters. The fourth-order valence-corrected chi connectivity index (χ4v) is 1.93. The predicted molar refractivity (Wildman–Crippen MR) is 62.0 cm³/mol. The Labute approximate surface area is 98.6 Å². The van der Waals surface area contributed by atoms with Crippen LogP contribution in [-0.2, 0) is 0 Å². The van der Waals surface area contributed by atoms with E-state index >= 15 is 0 Å². The number of carbonyl (C=O) groups excluding carboxylic acids is 1. The van der Waals surface area contributed by atoms with Gasteiger partial charge in [0.1, 0.15) is 5.00 Å². The van der Waals surface area contributed by atoms with Crippen molar-refractivity contribution in [3.63, 3.8) is 0 Å². The summed E-state index contributed by atoms with van der Waals surface area (Å²) in [4.78, 5) is 11.7. The summed E-state index contributed by atoms with van der Waals surface area (Å²) in [6, 6.07) is 7.23. The zero-order valence-corrected chi connectivity index (χ0v) is 9.88. The van der Waals surface area contributed by atoms with Crippen LogP contribution in [0.25, 0.3) is 0 Å². The van der Waals surface area contributed by atoms with Crippen molar-refractivity contribution < 1.29 is 4.79 Å². The number of amides is 1. The molecule has 2 rings (SSSR count). The van der Waals surface area contributed by atoms with Gasteiger partial charge in [0, 0.05) is 16.0 Å². The van der Waals surface area contributed by atoms with Crippen molar-refractivity contribution in [2.24, 2.45) is 0 Å². The standard InChI is InChI=1S/C9H6BrN3OS/c10-7-4-2-1-3-6(7)9(14)12-8-5-11-13-15-8/h1-5H,(H,12,14). The summed E-state index contributed by atoms with van der Waals surface area (Å²) in [5, 5.41) is 6.97. The molecule has 0 aliphatic rings. The van der Waals surface area contributed by atoms with Crippen LogP contribution in [-0.4, -0.2) is 15.5 Å². The zero-order valence-electron chi connectivity index (χ0n) is 7.48. The van der Waals surface area contributed by atoms with Gasteiger partial charge in [-0.05, 0) is 28.1 Å². The van der Waals surface area contributed by atoms with Crippen LogP contribution in [0.2, 0.25) is 0 Å². The second kappa shape index (κ2) is 4.50. The van der Waals surface area contributed by atoms with Crippen molar-refractivity contribution in [3.05, 3.63) is 40.5 Å². The van der Waals surface area contributed by atoms with E-state index in [4.69, 9.17) is 0 Å². The molecule has 0 bridgehead atoms. The third-order valence-corrected chi connectivity index (χ3v) is 2.99. The summed E-state index contributed by atoms with van der Waals surface area (Å²) in [7, 11) is 0. The first kappa shape index (κ1) is 10.3. The van der Waals surface area contributed by atoms with E-state index in [2.05, 4.69) is 30.8 Å². The Morgan fingerprint density at radius 3 is 2.87 bits per heavy atom. The van der Waals surface area contributed by atoms with Crippen molar-refractivity contribution >= 4 is 38.4 Å². The van der Waals surface area contributed by atoms with Gasteiger partial charge in [-0.15, -0.1) is 5.10 Å². The average molecular weight is 284 g/mol. The minimum atomic E-state index is -0.173. The minimum absolute atomic E-state index is 0.173. The van der Waals surface area contributed by atoms with E-state index in [1.165, 1.54) is 6.20 Å². The lowest BCUT2D eigenvalue weighted by Crippen LogP contribution is -2.11. The van der Waals surface area contributed by atoms with Crippen molar-refractivity contribution in [1.29, 1.82) is 0 Å². The SMILES string of the molecule is O=C(Nc1cnns1)c1ccccc1Br. The largest absolute Gasteiger partial charge is 0.311 e. The molecule has 0 radical (unpaired) electrons. The predicted octanol–water partition coefficient (Wildman–Crippen LogP) is 2.55. The lowest BCUT2D eigenvalue weighted by molar-refractivity contribution is 0.102. The molecule has 4 nitrogen and oxygen atoms in total. The van der Waals surface area contributed by atoms with Gasteiger partial charge in [0.25, 0.3) is 5.91 Å². The quantitative estimate of drug-likeness (QED) is 0.922. The zero-order chi connectivity index (χ0) is 10.7. The van der Waals surface area contributed by atoms with Crippen LogP contribution in [0.3, 0.4) is 0 Å². The molecule has 6 heteroatoms. The Morgan fingerprint density at radius 1 is 1.40 bits per heavy atom. The lowest BCUT2D eigenvalue weighted by atomic mass is 10.2. The number of aromatic nitrogens is 2. The van der Waals surface area contributed by atoms with E-state index in [1.54, 1.807) is 6.07 Å². The Hall–Kier alpha value is -1.27. The number of hydrogen-bond acceptors (Lipinski definition) is 4. The molecule has 1 heterocycles. The number of nitrogens with zero attached hydrogens (tertiary/aromatic N) is 2. The molecule has 0 saturated heterocycles. The summed E-state index contributed by atoms with van der Waals surface area (Å²) >= 11 is 4.46. The van der Waals surface area contributed by atoms with Gasteiger partial charge in [-0.3, -0.25) is 4.79 Å². The van der Waals surface area contributed by atoms with Crippen LogP contribution in [0.5, 0.6) is 0 Å². The second-order valence-electron chi connectivity index (χ2n) is 2.72. The van der Waals surface area contributed by atoms with Gasteiger partial charge in [0.2, 0.25) is 0 Å². The summed E-state index contributed by atoms with van der Waals surface area (Å²) in [5.41, 5.74) is 0.589. The monoisotopic (exact) mass is 283 g/mol. The molecule has 15 heavy (non-hydrogen) atoms. The molecule has 1 aromatic carbocycles. The van der Waals surface area contributed by atoms with E-state index in [0.717, 1.165) is 16.0 Å². The summed E-state index contributed by atoms with van der Waals surface area (Å²) in [6.07, 6.45) is 1.51. The molecule has 1 aromatic heterocycles. The van der Waals surface area contributed by atoms with Crippen molar-refractivity contribution in [2.75, 3.05) is 5.32 Å². The molecule has 0 saturated carbocycles. The number of rotatable bonds is 2. The van der Waals surface area contributed by atoms with E-state index in [9.17, 15) is 4.79 Å².